The summed E-state index contributed by atoms with van der Waals surface area (Å²) < 4.78 is 6.09. The Bertz CT molecular complexity index is 580. The quantitative estimate of drug-likeness (QED) is 0.600. The molecular formula is C18H22BrNO3. The molecule has 4 nitrogen and oxygen atoms in total. The Balaban J connectivity index is 1.74. The molecule has 1 N–H and O–H groups in total. The second-order valence-corrected chi connectivity index (χ2v) is 6.62. The number of allylic oxidation sites excluding steroid dienone is 1. The molecule has 0 unspecified atom stereocenters. The van der Waals surface area contributed by atoms with Crippen LogP contribution >= 0.6 is 15.9 Å². The van der Waals surface area contributed by atoms with Crippen molar-refractivity contribution in [1.29, 1.82) is 0 Å². The van der Waals surface area contributed by atoms with Crippen LogP contribution in [0.3, 0.4) is 0 Å². The predicted molar refractivity (Wildman–Crippen MR) is 93.2 cm³/mol. The van der Waals surface area contributed by atoms with E-state index in [9.17, 15) is 9.59 Å². The summed E-state index contributed by atoms with van der Waals surface area (Å²) in [6, 6.07) is 6.84. The lowest BCUT2D eigenvalue weighted by atomic mass is 9.97. The molecule has 0 aliphatic heterocycles. The van der Waals surface area contributed by atoms with Crippen molar-refractivity contribution in [3.63, 3.8) is 0 Å². The largest absolute Gasteiger partial charge is 0.449 e. The van der Waals surface area contributed by atoms with E-state index in [0.717, 1.165) is 23.7 Å². The van der Waals surface area contributed by atoms with Gasteiger partial charge in [0.2, 0.25) is 0 Å². The van der Waals surface area contributed by atoms with Crippen molar-refractivity contribution in [1.82, 2.24) is 5.32 Å². The number of carbonyl (C=O) groups excluding carboxylic acids is 2. The molecular weight excluding hydrogens is 358 g/mol. The molecule has 1 aromatic rings. The molecule has 0 heterocycles. The SMILES string of the molecule is C[C@@H](OC(=O)c1ccc(Br)cc1)C(=O)NCCC1=CCCCC1. The molecule has 1 aromatic carbocycles. The summed E-state index contributed by atoms with van der Waals surface area (Å²) in [5.41, 5.74) is 1.84. The number of rotatable bonds is 6. The van der Waals surface area contributed by atoms with Gasteiger partial charge in [-0.15, -0.1) is 0 Å². The number of esters is 1. The molecule has 0 bridgehead atoms. The average Bonchev–Trinajstić information content (AvgIpc) is 2.56. The van der Waals surface area contributed by atoms with E-state index in [4.69, 9.17) is 4.74 Å². The van der Waals surface area contributed by atoms with Gasteiger partial charge in [-0.2, -0.15) is 0 Å². The molecule has 0 fully saturated rings. The van der Waals surface area contributed by atoms with E-state index < -0.39 is 12.1 Å². The van der Waals surface area contributed by atoms with E-state index in [1.807, 2.05) is 0 Å². The highest BCUT2D eigenvalue weighted by molar-refractivity contribution is 9.10. The van der Waals surface area contributed by atoms with Crippen LogP contribution in [0.4, 0.5) is 0 Å². The fraction of sp³-hybridized carbons (Fsp3) is 0.444. The summed E-state index contributed by atoms with van der Waals surface area (Å²) in [5, 5.41) is 2.83. The van der Waals surface area contributed by atoms with Crippen LogP contribution in [0.1, 0.15) is 49.4 Å². The lowest BCUT2D eigenvalue weighted by molar-refractivity contribution is -0.129. The number of hydrogen-bond acceptors (Lipinski definition) is 3. The highest BCUT2D eigenvalue weighted by Gasteiger charge is 2.18. The summed E-state index contributed by atoms with van der Waals surface area (Å²) in [6.45, 7) is 2.18. The lowest BCUT2D eigenvalue weighted by Crippen LogP contribution is -2.36. The van der Waals surface area contributed by atoms with Crippen LogP contribution in [0.25, 0.3) is 0 Å². The standard InChI is InChI=1S/C18H22BrNO3/c1-13(23-18(22)15-7-9-16(19)10-8-15)17(21)20-12-11-14-5-3-2-4-6-14/h5,7-10,13H,2-4,6,11-12H2,1H3,(H,20,21)/t13-/m1/s1. The molecule has 0 radical (unpaired) electrons. The molecule has 1 atom stereocenters. The Hall–Kier alpha value is -1.62. The van der Waals surface area contributed by atoms with Crippen molar-refractivity contribution in [3.8, 4) is 0 Å². The highest BCUT2D eigenvalue weighted by Crippen LogP contribution is 2.19. The summed E-state index contributed by atoms with van der Waals surface area (Å²) in [7, 11) is 0. The van der Waals surface area contributed by atoms with Gasteiger partial charge in [-0.1, -0.05) is 27.6 Å². The minimum absolute atomic E-state index is 0.258. The smallest absolute Gasteiger partial charge is 0.338 e. The van der Waals surface area contributed by atoms with Crippen LogP contribution < -0.4 is 5.32 Å². The van der Waals surface area contributed by atoms with Gasteiger partial charge >= 0.3 is 5.97 Å². The summed E-state index contributed by atoms with van der Waals surface area (Å²) >= 11 is 3.31. The van der Waals surface area contributed by atoms with Gasteiger partial charge in [0.1, 0.15) is 0 Å². The molecule has 1 amide bonds. The monoisotopic (exact) mass is 379 g/mol. The van der Waals surface area contributed by atoms with Gasteiger partial charge in [-0.25, -0.2) is 4.79 Å². The van der Waals surface area contributed by atoms with Gasteiger partial charge in [-0.05, 0) is 63.3 Å². The molecule has 1 aliphatic carbocycles. The first-order chi connectivity index (χ1) is 11.1. The average molecular weight is 380 g/mol. The number of ether oxygens (including phenoxy) is 1. The number of benzene rings is 1. The number of amides is 1. The van der Waals surface area contributed by atoms with E-state index in [1.54, 1.807) is 31.2 Å². The maximum absolute atomic E-state index is 12.0. The third-order valence-electron chi connectivity index (χ3n) is 3.86. The minimum Gasteiger partial charge on any atom is -0.449 e. The first kappa shape index (κ1) is 17.7. The number of carbonyl (C=O) groups is 2. The predicted octanol–water partition coefficient (Wildman–Crippen LogP) is 4.00. The van der Waals surface area contributed by atoms with Crippen LogP contribution in [0.15, 0.2) is 40.4 Å². The van der Waals surface area contributed by atoms with Gasteiger partial charge in [-0.3, -0.25) is 4.79 Å². The Morgan fingerprint density at radius 1 is 1.26 bits per heavy atom. The maximum Gasteiger partial charge on any atom is 0.338 e. The van der Waals surface area contributed by atoms with Gasteiger partial charge in [0.05, 0.1) is 5.56 Å². The highest BCUT2D eigenvalue weighted by atomic mass is 79.9. The Morgan fingerprint density at radius 2 is 2.00 bits per heavy atom. The molecule has 23 heavy (non-hydrogen) atoms. The molecule has 0 saturated heterocycles. The van der Waals surface area contributed by atoms with Crippen molar-refractivity contribution in [3.05, 3.63) is 46.0 Å². The van der Waals surface area contributed by atoms with Crippen LogP contribution in [-0.2, 0) is 9.53 Å². The zero-order chi connectivity index (χ0) is 16.7. The van der Waals surface area contributed by atoms with E-state index in [0.29, 0.717) is 12.1 Å². The first-order valence-electron chi connectivity index (χ1n) is 7.98. The second-order valence-electron chi connectivity index (χ2n) is 5.70. The molecule has 0 aromatic heterocycles. The third kappa shape index (κ3) is 5.82. The molecule has 2 rings (SSSR count). The minimum atomic E-state index is -0.800. The van der Waals surface area contributed by atoms with Crippen molar-refractivity contribution in [2.45, 2.75) is 45.1 Å². The molecule has 0 spiro atoms. The summed E-state index contributed by atoms with van der Waals surface area (Å²) in [5.74, 6) is -0.748. The van der Waals surface area contributed by atoms with Gasteiger partial charge < -0.3 is 10.1 Å². The number of hydrogen-bond donors (Lipinski definition) is 1. The van der Waals surface area contributed by atoms with Gasteiger partial charge in [0, 0.05) is 11.0 Å². The molecule has 124 valence electrons. The second kappa shape index (κ2) is 8.87. The Kier molecular flexibility index (Phi) is 6.84. The van der Waals surface area contributed by atoms with Crippen molar-refractivity contribution in [2.75, 3.05) is 6.54 Å². The molecule has 5 heteroatoms. The van der Waals surface area contributed by atoms with E-state index >= 15 is 0 Å². The van der Waals surface area contributed by atoms with Crippen LogP contribution in [-0.4, -0.2) is 24.5 Å². The summed E-state index contributed by atoms with van der Waals surface area (Å²) in [6.07, 6.45) is 7.12. The van der Waals surface area contributed by atoms with Gasteiger partial charge in [0.25, 0.3) is 5.91 Å². The summed E-state index contributed by atoms with van der Waals surface area (Å²) in [4.78, 5) is 24.0. The zero-order valence-corrected chi connectivity index (χ0v) is 14.9. The number of halogens is 1. The van der Waals surface area contributed by atoms with E-state index in [2.05, 4.69) is 27.3 Å². The zero-order valence-electron chi connectivity index (χ0n) is 13.3. The van der Waals surface area contributed by atoms with Crippen molar-refractivity contribution in [2.24, 2.45) is 0 Å². The Labute approximate surface area is 145 Å². The topological polar surface area (TPSA) is 55.4 Å². The van der Waals surface area contributed by atoms with Gasteiger partial charge in [0.15, 0.2) is 6.10 Å². The normalized spacial score (nSPS) is 15.5. The van der Waals surface area contributed by atoms with Crippen LogP contribution in [0.2, 0.25) is 0 Å². The van der Waals surface area contributed by atoms with Crippen LogP contribution in [0, 0.1) is 0 Å². The molecule has 0 saturated carbocycles. The number of nitrogens with one attached hydrogen (secondary N) is 1. The third-order valence-corrected chi connectivity index (χ3v) is 4.39. The van der Waals surface area contributed by atoms with Crippen molar-refractivity contribution >= 4 is 27.8 Å². The van der Waals surface area contributed by atoms with E-state index in [-0.39, 0.29) is 5.91 Å². The van der Waals surface area contributed by atoms with Crippen LogP contribution in [0.5, 0.6) is 0 Å². The first-order valence-corrected chi connectivity index (χ1v) is 8.78. The fourth-order valence-corrected chi connectivity index (χ4v) is 2.75. The maximum atomic E-state index is 12.0. The van der Waals surface area contributed by atoms with E-state index in [1.165, 1.54) is 18.4 Å². The Morgan fingerprint density at radius 3 is 2.65 bits per heavy atom. The van der Waals surface area contributed by atoms with Crippen molar-refractivity contribution < 1.29 is 14.3 Å². The molecule has 1 aliphatic rings. The lowest BCUT2D eigenvalue weighted by Gasteiger charge is -2.15. The fourth-order valence-electron chi connectivity index (χ4n) is 2.49.